The first-order valence-electron chi connectivity index (χ1n) is 5.66. The summed E-state index contributed by atoms with van der Waals surface area (Å²) in [5.74, 6) is 2.73. The second-order valence-electron chi connectivity index (χ2n) is 4.81. The number of likely N-dealkylation sites (tertiary alicyclic amines) is 1. The molecule has 2 rings (SSSR count). The second-order valence-corrected chi connectivity index (χ2v) is 4.81. The number of nitrogens with two attached hydrogens (primary N) is 1. The van der Waals surface area contributed by atoms with Crippen molar-refractivity contribution >= 4 is 0 Å². The SMILES string of the molecule is Cc1ccc(CN2CC(C)CC(N)C2)o1. The first kappa shape index (κ1) is 10.7. The summed E-state index contributed by atoms with van der Waals surface area (Å²) >= 11 is 0. The van der Waals surface area contributed by atoms with E-state index in [9.17, 15) is 0 Å². The molecule has 1 saturated heterocycles. The minimum absolute atomic E-state index is 0.324. The molecule has 2 unspecified atom stereocenters. The van der Waals surface area contributed by atoms with E-state index in [2.05, 4.69) is 17.9 Å². The first-order valence-corrected chi connectivity index (χ1v) is 5.66. The van der Waals surface area contributed by atoms with E-state index in [0.29, 0.717) is 12.0 Å². The Morgan fingerprint density at radius 1 is 1.47 bits per heavy atom. The number of piperidine rings is 1. The zero-order valence-electron chi connectivity index (χ0n) is 9.57. The van der Waals surface area contributed by atoms with Gasteiger partial charge in [0.2, 0.25) is 0 Å². The summed E-state index contributed by atoms with van der Waals surface area (Å²) < 4.78 is 5.57. The molecule has 3 heteroatoms. The number of hydrogen-bond donors (Lipinski definition) is 1. The van der Waals surface area contributed by atoms with Crippen LogP contribution < -0.4 is 5.73 Å². The molecule has 15 heavy (non-hydrogen) atoms. The fraction of sp³-hybridized carbons (Fsp3) is 0.667. The minimum atomic E-state index is 0.324. The number of nitrogens with zero attached hydrogens (tertiary/aromatic N) is 1. The van der Waals surface area contributed by atoms with Crippen molar-refractivity contribution in [3.8, 4) is 0 Å². The van der Waals surface area contributed by atoms with Crippen LogP contribution in [0, 0.1) is 12.8 Å². The van der Waals surface area contributed by atoms with Crippen molar-refractivity contribution in [2.75, 3.05) is 13.1 Å². The molecule has 0 bridgehead atoms. The molecule has 2 N–H and O–H groups in total. The summed E-state index contributed by atoms with van der Waals surface area (Å²) in [5, 5.41) is 0. The van der Waals surface area contributed by atoms with Crippen molar-refractivity contribution < 1.29 is 4.42 Å². The molecular weight excluding hydrogens is 188 g/mol. The molecule has 0 spiro atoms. The summed E-state index contributed by atoms with van der Waals surface area (Å²) in [6, 6.07) is 4.40. The Labute approximate surface area is 91.2 Å². The van der Waals surface area contributed by atoms with Crippen molar-refractivity contribution in [2.45, 2.75) is 32.9 Å². The Bertz CT molecular complexity index is 311. The molecule has 0 amide bonds. The van der Waals surface area contributed by atoms with Gasteiger partial charge in [-0.3, -0.25) is 4.90 Å². The van der Waals surface area contributed by atoms with E-state index >= 15 is 0 Å². The lowest BCUT2D eigenvalue weighted by atomic mass is 9.96. The van der Waals surface area contributed by atoms with Gasteiger partial charge < -0.3 is 10.2 Å². The zero-order valence-corrected chi connectivity index (χ0v) is 9.57. The van der Waals surface area contributed by atoms with E-state index in [0.717, 1.165) is 37.6 Å². The van der Waals surface area contributed by atoms with Crippen molar-refractivity contribution in [1.29, 1.82) is 0 Å². The predicted molar refractivity (Wildman–Crippen MR) is 60.5 cm³/mol. The van der Waals surface area contributed by atoms with Crippen LogP contribution in [0.25, 0.3) is 0 Å². The van der Waals surface area contributed by atoms with Crippen LogP contribution in [-0.4, -0.2) is 24.0 Å². The standard InChI is InChI=1S/C12H20N2O/c1-9-5-11(13)7-14(6-9)8-12-4-3-10(2)15-12/h3-4,9,11H,5-8,13H2,1-2H3. The van der Waals surface area contributed by atoms with E-state index in [1.807, 2.05) is 13.0 Å². The van der Waals surface area contributed by atoms with Gasteiger partial charge in [-0.25, -0.2) is 0 Å². The molecule has 1 aliphatic heterocycles. The number of furan rings is 1. The lowest BCUT2D eigenvalue weighted by Crippen LogP contribution is -2.45. The molecule has 3 nitrogen and oxygen atoms in total. The third kappa shape index (κ3) is 2.83. The van der Waals surface area contributed by atoms with Crippen molar-refractivity contribution in [2.24, 2.45) is 11.7 Å². The van der Waals surface area contributed by atoms with E-state index < -0.39 is 0 Å². The first-order chi connectivity index (χ1) is 7.13. The summed E-state index contributed by atoms with van der Waals surface area (Å²) in [6.45, 7) is 7.26. The van der Waals surface area contributed by atoms with Crippen LogP contribution in [-0.2, 0) is 6.54 Å². The normalized spacial score (nSPS) is 28.2. The fourth-order valence-electron chi connectivity index (χ4n) is 2.43. The van der Waals surface area contributed by atoms with E-state index in [-0.39, 0.29) is 0 Å². The highest BCUT2D eigenvalue weighted by Gasteiger charge is 2.22. The van der Waals surface area contributed by atoms with Gasteiger partial charge in [-0.2, -0.15) is 0 Å². The molecule has 1 aliphatic rings. The molecule has 0 aromatic carbocycles. The average molecular weight is 208 g/mol. The quantitative estimate of drug-likeness (QED) is 0.805. The van der Waals surface area contributed by atoms with Crippen LogP contribution in [0.15, 0.2) is 16.5 Å². The highest BCUT2D eigenvalue weighted by Crippen LogP contribution is 2.18. The van der Waals surface area contributed by atoms with Gasteiger partial charge in [-0.15, -0.1) is 0 Å². The Hall–Kier alpha value is -0.800. The largest absolute Gasteiger partial charge is 0.465 e. The van der Waals surface area contributed by atoms with Crippen LogP contribution in [0.1, 0.15) is 24.9 Å². The van der Waals surface area contributed by atoms with Crippen LogP contribution in [0.5, 0.6) is 0 Å². The van der Waals surface area contributed by atoms with Crippen LogP contribution in [0.4, 0.5) is 0 Å². The maximum absolute atomic E-state index is 6.00. The summed E-state index contributed by atoms with van der Waals surface area (Å²) in [4.78, 5) is 2.39. The van der Waals surface area contributed by atoms with E-state index in [1.165, 1.54) is 0 Å². The van der Waals surface area contributed by atoms with Gasteiger partial charge in [-0.1, -0.05) is 6.92 Å². The maximum Gasteiger partial charge on any atom is 0.118 e. The third-order valence-corrected chi connectivity index (χ3v) is 2.94. The zero-order chi connectivity index (χ0) is 10.8. The van der Waals surface area contributed by atoms with Crippen LogP contribution in [0.3, 0.4) is 0 Å². The number of hydrogen-bond acceptors (Lipinski definition) is 3. The van der Waals surface area contributed by atoms with Gasteiger partial charge in [0.05, 0.1) is 6.54 Å². The van der Waals surface area contributed by atoms with E-state index in [1.54, 1.807) is 0 Å². The molecule has 0 radical (unpaired) electrons. The third-order valence-electron chi connectivity index (χ3n) is 2.94. The molecule has 0 aliphatic carbocycles. The monoisotopic (exact) mass is 208 g/mol. The Balaban J connectivity index is 1.94. The van der Waals surface area contributed by atoms with Gasteiger partial charge in [0.15, 0.2) is 0 Å². The van der Waals surface area contributed by atoms with Gasteiger partial charge in [-0.05, 0) is 31.4 Å². The lowest BCUT2D eigenvalue weighted by Gasteiger charge is -2.34. The minimum Gasteiger partial charge on any atom is -0.465 e. The number of aryl methyl sites for hydroxylation is 1. The second kappa shape index (κ2) is 4.37. The van der Waals surface area contributed by atoms with Gasteiger partial charge in [0, 0.05) is 19.1 Å². The van der Waals surface area contributed by atoms with Crippen molar-refractivity contribution in [3.05, 3.63) is 23.7 Å². The smallest absolute Gasteiger partial charge is 0.118 e. The molecule has 84 valence electrons. The predicted octanol–water partition coefficient (Wildman–Crippen LogP) is 1.76. The van der Waals surface area contributed by atoms with Crippen molar-refractivity contribution in [1.82, 2.24) is 4.90 Å². The van der Waals surface area contributed by atoms with Crippen LogP contribution in [0.2, 0.25) is 0 Å². The highest BCUT2D eigenvalue weighted by atomic mass is 16.3. The Morgan fingerprint density at radius 3 is 2.87 bits per heavy atom. The molecule has 2 atom stereocenters. The summed E-state index contributed by atoms with van der Waals surface area (Å²) in [5.41, 5.74) is 6.00. The Morgan fingerprint density at radius 2 is 2.27 bits per heavy atom. The average Bonchev–Trinajstić information content (AvgIpc) is 2.49. The topological polar surface area (TPSA) is 42.4 Å². The maximum atomic E-state index is 6.00. The summed E-state index contributed by atoms with van der Waals surface area (Å²) in [7, 11) is 0. The van der Waals surface area contributed by atoms with Gasteiger partial charge in [0.1, 0.15) is 11.5 Å². The van der Waals surface area contributed by atoms with Gasteiger partial charge >= 0.3 is 0 Å². The fourth-order valence-corrected chi connectivity index (χ4v) is 2.43. The molecule has 2 heterocycles. The Kier molecular flexibility index (Phi) is 3.12. The van der Waals surface area contributed by atoms with E-state index in [4.69, 9.17) is 10.2 Å². The summed E-state index contributed by atoms with van der Waals surface area (Å²) in [6.07, 6.45) is 1.15. The molecule has 1 aromatic heterocycles. The molecular formula is C12H20N2O. The van der Waals surface area contributed by atoms with Gasteiger partial charge in [0.25, 0.3) is 0 Å². The molecule has 1 fully saturated rings. The molecule has 0 saturated carbocycles. The van der Waals surface area contributed by atoms with Crippen LogP contribution >= 0.6 is 0 Å². The lowest BCUT2D eigenvalue weighted by molar-refractivity contribution is 0.148. The van der Waals surface area contributed by atoms with Crippen molar-refractivity contribution in [3.63, 3.8) is 0 Å². The highest BCUT2D eigenvalue weighted by molar-refractivity contribution is 5.05. The molecule has 1 aromatic rings. The number of rotatable bonds is 2.